The first kappa shape index (κ1) is 44.0. The first-order valence-corrected chi connectivity index (χ1v) is 16.8. The Morgan fingerprint density at radius 1 is 0.222 bits per heavy atom. The maximum Gasteiger partial charge on any atom is 0.200 e. The molecule has 7 rings (SSSR count). The van der Waals surface area contributed by atoms with Crippen molar-refractivity contribution in [3.63, 3.8) is 0 Å². The Hall–Kier alpha value is -7.06. The summed E-state index contributed by atoms with van der Waals surface area (Å²) >= 11 is 0. The van der Waals surface area contributed by atoms with Gasteiger partial charge in [0.15, 0.2) is 93.1 Å². The molecule has 0 fully saturated rings. The molecule has 0 amide bonds. The zero-order valence-corrected chi connectivity index (χ0v) is 29.9. The third kappa shape index (κ3) is 6.58. The summed E-state index contributed by atoms with van der Waals surface area (Å²) in [6.45, 7) is 0. The molecule has 0 unspecified atom stereocenters. The van der Waals surface area contributed by atoms with Crippen LogP contribution in [0.1, 0.15) is 0 Å². The van der Waals surface area contributed by atoms with Crippen molar-refractivity contribution in [2.45, 2.75) is 0 Å². The lowest BCUT2D eigenvalue weighted by Gasteiger charge is -2.32. The van der Waals surface area contributed by atoms with Crippen LogP contribution in [-0.4, -0.2) is 0 Å². The third-order valence-corrected chi connectivity index (χ3v) is 9.43. The van der Waals surface area contributed by atoms with Gasteiger partial charge in [0, 0.05) is 28.1 Å². The molecule has 7 aromatic rings. The van der Waals surface area contributed by atoms with E-state index in [1.54, 1.807) is 0 Å². The second-order valence-corrected chi connectivity index (χ2v) is 12.9. The fourth-order valence-corrected chi connectivity index (χ4v) is 6.70. The van der Waals surface area contributed by atoms with Gasteiger partial charge in [-0.15, -0.1) is 0 Å². The van der Waals surface area contributed by atoms with Crippen molar-refractivity contribution in [2.75, 3.05) is 4.90 Å². The number of benzene rings is 7. The molecule has 0 aromatic heterocycles. The van der Waals surface area contributed by atoms with Crippen molar-refractivity contribution >= 4 is 17.1 Å². The molecule has 0 aliphatic rings. The van der Waals surface area contributed by atoms with Crippen LogP contribution < -0.4 is 4.90 Å². The molecule has 0 heterocycles. The molecule has 7 aromatic carbocycles. The number of rotatable bonds is 7. The van der Waals surface area contributed by atoms with Crippen molar-refractivity contribution in [1.29, 1.82) is 0 Å². The second-order valence-electron chi connectivity index (χ2n) is 12.9. The quantitative estimate of drug-likeness (QED) is 0.0875. The predicted octanol–water partition coefficient (Wildman–Crippen LogP) is 14.6. The van der Waals surface area contributed by atoms with Crippen LogP contribution in [0.5, 0.6) is 0 Å². The number of hydrogen-bond acceptors (Lipinski definition) is 1. The van der Waals surface area contributed by atoms with Crippen LogP contribution in [0.15, 0.2) is 66.7 Å². The molecule has 0 atom stereocenters. The van der Waals surface area contributed by atoms with E-state index in [-0.39, 0.29) is 6.07 Å². The molecule has 0 aliphatic heterocycles. The van der Waals surface area contributed by atoms with Gasteiger partial charge in [0.1, 0.15) is 0 Å². The molecule has 21 heteroatoms. The topological polar surface area (TPSA) is 3.24 Å². The summed E-state index contributed by atoms with van der Waals surface area (Å²) in [5.41, 5.74) is -23.0. The largest absolute Gasteiger partial charge is 0.310 e. The second kappa shape index (κ2) is 16.0. The number of anilines is 3. The van der Waals surface area contributed by atoms with E-state index in [9.17, 15) is 17.6 Å². The number of para-hydroxylation sites is 2. The molecule has 324 valence electrons. The Morgan fingerprint density at radius 2 is 0.460 bits per heavy atom. The lowest BCUT2D eigenvalue weighted by molar-refractivity contribution is 0.379. The molecule has 0 saturated carbocycles. The zero-order chi connectivity index (χ0) is 46.3. The van der Waals surface area contributed by atoms with E-state index in [0.29, 0.717) is 4.90 Å². The molecule has 0 aliphatic carbocycles. The summed E-state index contributed by atoms with van der Waals surface area (Å²) < 4.78 is 310. The van der Waals surface area contributed by atoms with E-state index < -0.39 is 178 Å². The van der Waals surface area contributed by atoms with E-state index in [1.807, 2.05) is 0 Å². The Labute approximate surface area is 337 Å². The van der Waals surface area contributed by atoms with Gasteiger partial charge in [-0.1, -0.05) is 36.4 Å². The van der Waals surface area contributed by atoms with Gasteiger partial charge in [-0.05, 0) is 35.9 Å². The van der Waals surface area contributed by atoms with Crippen molar-refractivity contribution < 1.29 is 87.8 Å². The molecule has 0 bridgehead atoms. The number of halogens is 20. The summed E-state index contributed by atoms with van der Waals surface area (Å²) in [4.78, 5) is 0.473. The first-order chi connectivity index (χ1) is 29.7. The average Bonchev–Trinajstić information content (AvgIpc) is 3.28. The van der Waals surface area contributed by atoms with Gasteiger partial charge in [0.2, 0.25) is 23.3 Å². The SMILES string of the molecule is Fc1c(F)c(F)c(-c2cc(N(c3ccccc3)c3ccccc3)c(-c3c(F)c(F)c(F)c(F)c3F)c(-c3c(F)c(F)c(F)c(F)c3F)c2-c2c(F)c(F)c(F)c(F)c2F)c(F)c1F. The normalized spacial score (nSPS) is 11.5. The minimum Gasteiger partial charge on any atom is -0.310 e. The summed E-state index contributed by atoms with van der Waals surface area (Å²) in [6.07, 6.45) is 0. The fourth-order valence-electron chi connectivity index (χ4n) is 6.70. The van der Waals surface area contributed by atoms with Gasteiger partial charge in [-0.2, -0.15) is 0 Å². The Morgan fingerprint density at radius 3 is 0.762 bits per heavy atom. The summed E-state index contributed by atoms with van der Waals surface area (Å²) in [6, 6.07) is 10.8. The average molecular weight is 910 g/mol. The highest BCUT2D eigenvalue weighted by molar-refractivity contribution is 6.09. The molecule has 0 saturated heterocycles. The maximum absolute atomic E-state index is 16.3. The van der Waals surface area contributed by atoms with Gasteiger partial charge in [0.05, 0.1) is 27.9 Å². The van der Waals surface area contributed by atoms with Gasteiger partial charge in [-0.3, -0.25) is 0 Å². The lowest BCUT2D eigenvalue weighted by atomic mass is 9.79. The highest BCUT2D eigenvalue weighted by atomic mass is 19.2. The van der Waals surface area contributed by atoms with E-state index in [1.165, 1.54) is 12.1 Å². The van der Waals surface area contributed by atoms with Crippen LogP contribution >= 0.6 is 0 Å². The van der Waals surface area contributed by atoms with Crippen molar-refractivity contribution in [3.8, 4) is 44.5 Å². The minimum atomic E-state index is -3.21. The standard InChI is InChI=1S/C42H11F20N/c43-23-17(24(44)32(52)39(59)31(23)51)14-11-15(63(12-7-3-1-4-8-12)13-9-5-2-6-10-13)18(21-27(47)35(55)41(61)36(56)28(21)48)19(22-29(49)37(57)42(62)38(58)30(22)50)16(14)20-25(45)33(53)40(60)34(54)26(20)46/h1-11H. The Bertz CT molecular complexity index is 2910. The van der Waals surface area contributed by atoms with E-state index in [0.717, 1.165) is 48.5 Å². The number of nitrogens with zero attached hydrogens (tertiary/aromatic N) is 1. The smallest absolute Gasteiger partial charge is 0.200 e. The monoisotopic (exact) mass is 909 g/mol. The molecular formula is C42H11F20N. The first-order valence-electron chi connectivity index (χ1n) is 16.8. The van der Waals surface area contributed by atoms with Gasteiger partial charge in [0.25, 0.3) is 0 Å². The summed E-state index contributed by atoms with van der Waals surface area (Å²) in [5.74, 6) is -62.2. The maximum atomic E-state index is 16.3. The third-order valence-electron chi connectivity index (χ3n) is 9.43. The van der Waals surface area contributed by atoms with Crippen LogP contribution in [0, 0.1) is 116 Å². The fraction of sp³-hybridized carbons (Fsp3) is 0. The lowest BCUT2D eigenvalue weighted by Crippen LogP contribution is -2.17. The van der Waals surface area contributed by atoms with E-state index in [2.05, 4.69) is 0 Å². The highest BCUT2D eigenvalue weighted by Gasteiger charge is 2.42. The molecule has 0 radical (unpaired) electrons. The van der Waals surface area contributed by atoms with E-state index >= 15 is 70.2 Å². The Balaban J connectivity index is 1.99. The summed E-state index contributed by atoms with van der Waals surface area (Å²) in [5, 5.41) is 0. The van der Waals surface area contributed by atoms with Crippen molar-refractivity contribution in [2.24, 2.45) is 0 Å². The van der Waals surface area contributed by atoms with Crippen LogP contribution in [0.4, 0.5) is 105 Å². The Kier molecular flexibility index (Phi) is 11.2. The van der Waals surface area contributed by atoms with Gasteiger partial charge in [-0.25, -0.2) is 87.8 Å². The molecule has 0 spiro atoms. The van der Waals surface area contributed by atoms with Gasteiger partial charge < -0.3 is 4.90 Å². The van der Waals surface area contributed by atoms with Crippen LogP contribution in [0.25, 0.3) is 44.5 Å². The van der Waals surface area contributed by atoms with Crippen LogP contribution in [0.2, 0.25) is 0 Å². The number of hydrogen-bond donors (Lipinski definition) is 0. The molecular weight excluding hydrogens is 898 g/mol. The van der Waals surface area contributed by atoms with Crippen molar-refractivity contribution in [1.82, 2.24) is 0 Å². The summed E-state index contributed by atoms with van der Waals surface area (Å²) in [7, 11) is 0. The molecule has 1 nitrogen and oxygen atoms in total. The minimum absolute atomic E-state index is 0.172. The molecule has 0 N–H and O–H groups in total. The van der Waals surface area contributed by atoms with E-state index in [4.69, 9.17) is 0 Å². The predicted molar refractivity (Wildman–Crippen MR) is 182 cm³/mol. The van der Waals surface area contributed by atoms with Crippen LogP contribution in [-0.2, 0) is 0 Å². The van der Waals surface area contributed by atoms with Crippen molar-refractivity contribution in [3.05, 3.63) is 183 Å². The molecule has 63 heavy (non-hydrogen) atoms. The highest BCUT2D eigenvalue weighted by Crippen LogP contribution is 2.57. The van der Waals surface area contributed by atoms with Gasteiger partial charge >= 0.3 is 0 Å². The zero-order valence-electron chi connectivity index (χ0n) is 29.9. The van der Waals surface area contributed by atoms with Crippen LogP contribution in [0.3, 0.4) is 0 Å².